The fourth-order valence-corrected chi connectivity index (χ4v) is 3.46. The molecule has 1 aliphatic carbocycles. The number of hydrogen-bond donors (Lipinski definition) is 1. The number of hydrogen-bond acceptors (Lipinski definition) is 2. The molecule has 1 saturated carbocycles. The lowest BCUT2D eigenvalue weighted by molar-refractivity contribution is 0.0894. The van der Waals surface area contributed by atoms with Crippen molar-refractivity contribution in [3.05, 3.63) is 28.8 Å². The second-order valence-corrected chi connectivity index (χ2v) is 6.62. The molecule has 0 aromatic heterocycles. The summed E-state index contributed by atoms with van der Waals surface area (Å²) in [6.07, 6.45) is 8.28. The highest BCUT2D eigenvalue weighted by Gasteiger charge is 2.26. The highest BCUT2D eigenvalue weighted by Crippen LogP contribution is 2.36. The van der Waals surface area contributed by atoms with E-state index in [0.717, 1.165) is 35.6 Å². The SMILES string of the molecule is CCC(N)Cc1cccc(Cl)c1OC1CCCCC1CC. The molecule has 118 valence electrons. The van der Waals surface area contributed by atoms with Crippen molar-refractivity contribution in [2.45, 2.75) is 70.9 Å². The summed E-state index contributed by atoms with van der Waals surface area (Å²) in [5.41, 5.74) is 7.26. The smallest absolute Gasteiger partial charge is 0.141 e. The molecule has 0 saturated heterocycles. The summed E-state index contributed by atoms with van der Waals surface area (Å²) in [5, 5.41) is 0.719. The molecule has 0 aliphatic heterocycles. The molecule has 0 spiro atoms. The van der Waals surface area contributed by atoms with Crippen LogP contribution in [0.3, 0.4) is 0 Å². The Kier molecular flexibility index (Phi) is 6.38. The first-order valence-corrected chi connectivity index (χ1v) is 8.73. The fourth-order valence-electron chi connectivity index (χ4n) is 3.22. The second kappa shape index (κ2) is 8.05. The topological polar surface area (TPSA) is 35.2 Å². The van der Waals surface area contributed by atoms with Gasteiger partial charge in [-0.25, -0.2) is 0 Å². The summed E-state index contributed by atoms with van der Waals surface area (Å²) in [6, 6.07) is 6.17. The van der Waals surface area contributed by atoms with Crippen molar-refractivity contribution in [3.63, 3.8) is 0 Å². The average Bonchev–Trinajstić information content (AvgIpc) is 2.51. The standard InChI is InChI=1S/C18H28ClNO/c1-3-13-8-5-6-11-17(13)21-18-14(12-15(20)4-2)9-7-10-16(18)19/h7,9-10,13,15,17H,3-6,8,11-12,20H2,1-2H3. The first kappa shape index (κ1) is 16.6. The second-order valence-electron chi connectivity index (χ2n) is 6.21. The quantitative estimate of drug-likeness (QED) is 0.805. The van der Waals surface area contributed by atoms with Gasteiger partial charge in [-0.15, -0.1) is 0 Å². The van der Waals surface area contributed by atoms with E-state index in [-0.39, 0.29) is 6.04 Å². The first-order chi connectivity index (χ1) is 10.2. The Morgan fingerprint density at radius 2 is 2.05 bits per heavy atom. The van der Waals surface area contributed by atoms with Crippen LogP contribution < -0.4 is 10.5 Å². The molecule has 1 aliphatic rings. The molecular formula is C18H28ClNO. The zero-order valence-corrected chi connectivity index (χ0v) is 14.0. The Bertz CT molecular complexity index is 449. The third kappa shape index (κ3) is 4.37. The Morgan fingerprint density at radius 1 is 1.29 bits per heavy atom. The fraction of sp³-hybridized carbons (Fsp3) is 0.667. The Balaban J connectivity index is 2.17. The number of ether oxygens (including phenoxy) is 1. The molecule has 1 aromatic rings. The molecule has 21 heavy (non-hydrogen) atoms. The van der Waals surface area contributed by atoms with Crippen LogP contribution in [0.4, 0.5) is 0 Å². The maximum atomic E-state index is 6.40. The number of halogens is 1. The van der Waals surface area contributed by atoms with E-state index in [2.05, 4.69) is 19.9 Å². The van der Waals surface area contributed by atoms with Crippen LogP contribution in [0.25, 0.3) is 0 Å². The first-order valence-electron chi connectivity index (χ1n) is 8.35. The monoisotopic (exact) mass is 309 g/mol. The lowest BCUT2D eigenvalue weighted by Gasteiger charge is -2.32. The summed E-state index contributed by atoms with van der Waals surface area (Å²) >= 11 is 6.40. The third-order valence-electron chi connectivity index (χ3n) is 4.69. The van der Waals surface area contributed by atoms with Crippen molar-refractivity contribution in [2.24, 2.45) is 11.7 Å². The lowest BCUT2D eigenvalue weighted by Crippen LogP contribution is -2.30. The van der Waals surface area contributed by atoms with Crippen LogP contribution in [0.2, 0.25) is 5.02 Å². The third-order valence-corrected chi connectivity index (χ3v) is 4.99. The lowest BCUT2D eigenvalue weighted by atomic mass is 9.84. The molecule has 3 heteroatoms. The number of benzene rings is 1. The predicted octanol–water partition coefficient (Wildman–Crippen LogP) is 4.97. The number of nitrogens with two attached hydrogens (primary N) is 1. The minimum atomic E-state index is 0.166. The molecule has 0 heterocycles. The molecule has 2 rings (SSSR count). The van der Waals surface area contributed by atoms with E-state index in [9.17, 15) is 0 Å². The molecule has 0 amide bonds. The Hall–Kier alpha value is -0.730. The van der Waals surface area contributed by atoms with Gasteiger partial charge in [-0.2, -0.15) is 0 Å². The van der Waals surface area contributed by atoms with E-state index in [1.807, 2.05) is 12.1 Å². The zero-order chi connectivity index (χ0) is 15.2. The van der Waals surface area contributed by atoms with Gasteiger partial charge in [0.25, 0.3) is 0 Å². The van der Waals surface area contributed by atoms with Crippen LogP contribution >= 0.6 is 11.6 Å². The van der Waals surface area contributed by atoms with Gasteiger partial charge in [-0.05, 0) is 56.1 Å². The maximum Gasteiger partial charge on any atom is 0.141 e. The van der Waals surface area contributed by atoms with Gasteiger partial charge in [0, 0.05) is 6.04 Å². The summed E-state index contributed by atoms with van der Waals surface area (Å²) in [5.74, 6) is 1.52. The van der Waals surface area contributed by atoms with Gasteiger partial charge in [0.05, 0.1) is 5.02 Å². The highest BCUT2D eigenvalue weighted by atomic mass is 35.5. The number of para-hydroxylation sites is 1. The van der Waals surface area contributed by atoms with Gasteiger partial charge in [-0.1, -0.05) is 44.0 Å². The van der Waals surface area contributed by atoms with Crippen LogP contribution in [-0.2, 0) is 6.42 Å². The molecule has 1 aromatic carbocycles. The van der Waals surface area contributed by atoms with E-state index < -0.39 is 0 Å². The molecule has 2 nitrogen and oxygen atoms in total. The van der Waals surface area contributed by atoms with Gasteiger partial charge < -0.3 is 10.5 Å². The molecular weight excluding hydrogens is 282 g/mol. The van der Waals surface area contributed by atoms with Crippen molar-refractivity contribution in [1.82, 2.24) is 0 Å². The maximum absolute atomic E-state index is 6.40. The molecule has 3 atom stereocenters. The normalized spacial score (nSPS) is 23.8. The average molecular weight is 310 g/mol. The summed E-state index contributed by atoms with van der Waals surface area (Å²) < 4.78 is 6.38. The molecule has 0 bridgehead atoms. The van der Waals surface area contributed by atoms with E-state index in [1.54, 1.807) is 0 Å². The van der Waals surface area contributed by atoms with Crippen LogP contribution in [0.5, 0.6) is 5.75 Å². The molecule has 3 unspecified atom stereocenters. The van der Waals surface area contributed by atoms with E-state index in [1.165, 1.54) is 25.7 Å². The van der Waals surface area contributed by atoms with Gasteiger partial charge in [0.15, 0.2) is 0 Å². The predicted molar refractivity (Wildman–Crippen MR) is 90.1 cm³/mol. The van der Waals surface area contributed by atoms with Crippen LogP contribution in [0, 0.1) is 5.92 Å². The van der Waals surface area contributed by atoms with E-state index in [0.29, 0.717) is 12.0 Å². The van der Waals surface area contributed by atoms with Crippen LogP contribution in [0.15, 0.2) is 18.2 Å². The van der Waals surface area contributed by atoms with Crippen molar-refractivity contribution in [2.75, 3.05) is 0 Å². The van der Waals surface area contributed by atoms with Gasteiger partial charge >= 0.3 is 0 Å². The zero-order valence-electron chi connectivity index (χ0n) is 13.3. The van der Waals surface area contributed by atoms with Crippen molar-refractivity contribution < 1.29 is 4.74 Å². The van der Waals surface area contributed by atoms with Gasteiger partial charge in [0.2, 0.25) is 0 Å². The van der Waals surface area contributed by atoms with Gasteiger partial charge in [0.1, 0.15) is 11.9 Å². The summed E-state index contributed by atoms with van der Waals surface area (Å²) in [6.45, 7) is 4.37. The molecule has 0 radical (unpaired) electrons. The highest BCUT2D eigenvalue weighted by molar-refractivity contribution is 6.32. The van der Waals surface area contributed by atoms with Crippen molar-refractivity contribution >= 4 is 11.6 Å². The summed E-state index contributed by atoms with van der Waals surface area (Å²) in [7, 11) is 0. The largest absolute Gasteiger partial charge is 0.488 e. The minimum Gasteiger partial charge on any atom is -0.488 e. The molecule has 2 N–H and O–H groups in total. The minimum absolute atomic E-state index is 0.166. The van der Waals surface area contributed by atoms with E-state index in [4.69, 9.17) is 22.1 Å². The van der Waals surface area contributed by atoms with Gasteiger partial charge in [-0.3, -0.25) is 0 Å². The number of rotatable bonds is 6. The van der Waals surface area contributed by atoms with Crippen molar-refractivity contribution in [3.8, 4) is 5.75 Å². The van der Waals surface area contributed by atoms with E-state index >= 15 is 0 Å². The van der Waals surface area contributed by atoms with Crippen molar-refractivity contribution in [1.29, 1.82) is 0 Å². The Morgan fingerprint density at radius 3 is 2.76 bits per heavy atom. The summed E-state index contributed by atoms with van der Waals surface area (Å²) in [4.78, 5) is 0. The molecule has 1 fully saturated rings. The van der Waals surface area contributed by atoms with Crippen LogP contribution in [0.1, 0.15) is 57.9 Å². The Labute approximate surface area is 134 Å². The van der Waals surface area contributed by atoms with Crippen LogP contribution in [-0.4, -0.2) is 12.1 Å².